The maximum atomic E-state index is 10.8. The Bertz CT molecular complexity index is 209. The van der Waals surface area contributed by atoms with Gasteiger partial charge in [0.1, 0.15) is 0 Å². The summed E-state index contributed by atoms with van der Waals surface area (Å²) in [6, 6.07) is 0. The third-order valence-electron chi connectivity index (χ3n) is 2.94. The highest BCUT2D eigenvalue weighted by Crippen LogP contribution is 2.02. The van der Waals surface area contributed by atoms with E-state index in [-0.39, 0.29) is 5.97 Å². The summed E-state index contributed by atoms with van der Waals surface area (Å²) in [7, 11) is 0. The van der Waals surface area contributed by atoms with E-state index in [1.165, 1.54) is 44.8 Å². The molecule has 106 valence electrons. The van der Waals surface area contributed by atoms with Gasteiger partial charge < -0.3 is 9.64 Å². The molecule has 0 atom stereocenters. The van der Waals surface area contributed by atoms with Crippen LogP contribution in [-0.4, -0.2) is 37.1 Å². The van der Waals surface area contributed by atoms with Gasteiger partial charge in [-0.3, -0.25) is 0 Å². The van der Waals surface area contributed by atoms with E-state index in [4.69, 9.17) is 4.74 Å². The molecule has 3 heteroatoms. The monoisotopic (exact) mass is 255 g/mol. The van der Waals surface area contributed by atoms with Crippen molar-refractivity contribution in [2.75, 3.05) is 26.2 Å². The standard InChI is InChI=1S/C15H29NO2/c1-4-7-11-16(12-8-5-2)13-9-10-14-18-15(17)6-3/h6H,3-5,7-14H2,1-2H3. The van der Waals surface area contributed by atoms with Crippen LogP contribution >= 0.6 is 0 Å². The molecule has 0 saturated carbocycles. The molecule has 0 heterocycles. The van der Waals surface area contributed by atoms with Crippen LogP contribution in [0.1, 0.15) is 52.4 Å². The van der Waals surface area contributed by atoms with Gasteiger partial charge in [-0.25, -0.2) is 4.79 Å². The molecule has 0 aromatic heterocycles. The van der Waals surface area contributed by atoms with E-state index in [1.807, 2.05) is 0 Å². The molecule has 0 rings (SSSR count). The number of esters is 1. The number of carbonyl (C=O) groups excluding carboxylic acids is 1. The van der Waals surface area contributed by atoms with Crippen LogP contribution in [0.2, 0.25) is 0 Å². The number of rotatable bonds is 12. The van der Waals surface area contributed by atoms with Gasteiger partial charge in [0.2, 0.25) is 0 Å². The van der Waals surface area contributed by atoms with E-state index >= 15 is 0 Å². The lowest BCUT2D eigenvalue weighted by molar-refractivity contribution is -0.137. The SMILES string of the molecule is C=CC(=O)OCCCCN(CCCC)CCCC. The topological polar surface area (TPSA) is 29.5 Å². The Kier molecular flexibility index (Phi) is 12.0. The Morgan fingerprint density at radius 1 is 1.06 bits per heavy atom. The highest BCUT2D eigenvalue weighted by molar-refractivity contribution is 5.81. The minimum absolute atomic E-state index is 0.316. The van der Waals surface area contributed by atoms with E-state index in [1.54, 1.807) is 0 Å². The first-order valence-corrected chi connectivity index (χ1v) is 7.26. The third kappa shape index (κ3) is 10.3. The van der Waals surface area contributed by atoms with Crippen molar-refractivity contribution in [1.29, 1.82) is 0 Å². The Morgan fingerprint density at radius 3 is 2.11 bits per heavy atom. The molecule has 0 unspecified atom stereocenters. The summed E-state index contributed by atoms with van der Waals surface area (Å²) in [4.78, 5) is 13.4. The smallest absolute Gasteiger partial charge is 0.330 e. The molecular weight excluding hydrogens is 226 g/mol. The molecule has 18 heavy (non-hydrogen) atoms. The van der Waals surface area contributed by atoms with Crippen molar-refractivity contribution in [3.63, 3.8) is 0 Å². The normalized spacial score (nSPS) is 10.6. The summed E-state index contributed by atoms with van der Waals surface area (Å²) in [6.07, 6.45) is 8.30. The first-order chi connectivity index (χ1) is 8.74. The van der Waals surface area contributed by atoms with Crippen LogP contribution in [0.25, 0.3) is 0 Å². The Morgan fingerprint density at radius 2 is 1.61 bits per heavy atom. The van der Waals surface area contributed by atoms with Gasteiger partial charge in [0.05, 0.1) is 6.61 Å². The summed E-state index contributed by atoms with van der Waals surface area (Å²) in [5.41, 5.74) is 0. The molecule has 0 saturated heterocycles. The average Bonchev–Trinajstić information content (AvgIpc) is 2.40. The van der Waals surface area contributed by atoms with Crippen LogP contribution < -0.4 is 0 Å². The van der Waals surface area contributed by atoms with E-state index < -0.39 is 0 Å². The number of unbranched alkanes of at least 4 members (excludes halogenated alkanes) is 3. The van der Waals surface area contributed by atoms with Gasteiger partial charge in [0.15, 0.2) is 0 Å². The van der Waals surface area contributed by atoms with E-state index in [0.29, 0.717) is 6.61 Å². The Labute approximate surface area is 112 Å². The summed E-state index contributed by atoms with van der Waals surface area (Å²) in [6.45, 7) is 11.9. The molecule has 0 aromatic rings. The van der Waals surface area contributed by atoms with Gasteiger partial charge in [0.25, 0.3) is 0 Å². The van der Waals surface area contributed by atoms with Gasteiger partial charge in [-0.15, -0.1) is 0 Å². The van der Waals surface area contributed by atoms with E-state index in [0.717, 1.165) is 19.4 Å². The lowest BCUT2D eigenvalue weighted by Gasteiger charge is -2.21. The van der Waals surface area contributed by atoms with Gasteiger partial charge in [-0.05, 0) is 45.3 Å². The first-order valence-electron chi connectivity index (χ1n) is 7.26. The zero-order valence-corrected chi connectivity index (χ0v) is 12.1. The van der Waals surface area contributed by atoms with Crippen LogP contribution in [0.15, 0.2) is 12.7 Å². The fourth-order valence-corrected chi connectivity index (χ4v) is 1.77. The summed E-state index contributed by atoms with van der Waals surface area (Å²) < 4.78 is 4.96. The van der Waals surface area contributed by atoms with Gasteiger partial charge in [-0.1, -0.05) is 33.3 Å². The van der Waals surface area contributed by atoms with Gasteiger partial charge in [-0.2, -0.15) is 0 Å². The molecule has 0 N–H and O–H groups in total. The summed E-state index contributed by atoms with van der Waals surface area (Å²) in [5.74, 6) is -0.316. The maximum Gasteiger partial charge on any atom is 0.330 e. The Balaban J connectivity index is 3.60. The van der Waals surface area contributed by atoms with Crippen molar-refractivity contribution in [2.45, 2.75) is 52.4 Å². The van der Waals surface area contributed by atoms with Gasteiger partial charge >= 0.3 is 5.97 Å². The largest absolute Gasteiger partial charge is 0.463 e. The highest BCUT2D eigenvalue weighted by atomic mass is 16.5. The van der Waals surface area contributed by atoms with Crippen molar-refractivity contribution in [1.82, 2.24) is 4.90 Å². The van der Waals surface area contributed by atoms with Crippen LogP contribution in [0, 0.1) is 0 Å². The molecular formula is C15H29NO2. The third-order valence-corrected chi connectivity index (χ3v) is 2.94. The number of nitrogens with zero attached hydrogens (tertiary/aromatic N) is 1. The molecule has 0 amide bonds. The molecule has 0 aliphatic heterocycles. The molecule has 0 bridgehead atoms. The molecule has 0 aromatic carbocycles. The predicted molar refractivity (Wildman–Crippen MR) is 76.6 cm³/mol. The number of carbonyl (C=O) groups is 1. The Hall–Kier alpha value is -0.830. The minimum atomic E-state index is -0.316. The minimum Gasteiger partial charge on any atom is -0.463 e. The van der Waals surface area contributed by atoms with Crippen molar-refractivity contribution in [3.05, 3.63) is 12.7 Å². The van der Waals surface area contributed by atoms with Crippen LogP contribution in [0.3, 0.4) is 0 Å². The van der Waals surface area contributed by atoms with E-state index in [9.17, 15) is 4.79 Å². The van der Waals surface area contributed by atoms with Crippen molar-refractivity contribution < 1.29 is 9.53 Å². The van der Waals surface area contributed by atoms with E-state index in [2.05, 4.69) is 25.3 Å². The zero-order valence-electron chi connectivity index (χ0n) is 12.1. The fourth-order valence-electron chi connectivity index (χ4n) is 1.77. The van der Waals surface area contributed by atoms with Gasteiger partial charge in [0, 0.05) is 6.08 Å². The molecule has 0 aliphatic carbocycles. The van der Waals surface area contributed by atoms with Crippen LogP contribution in [0.4, 0.5) is 0 Å². The molecule has 3 nitrogen and oxygen atoms in total. The lowest BCUT2D eigenvalue weighted by atomic mass is 10.2. The second-order valence-corrected chi connectivity index (χ2v) is 4.63. The summed E-state index contributed by atoms with van der Waals surface area (Å²) >= 11 is 0. The number of ether oxygens (including phenoxy) is 1. The van der Waals surface area contributed by atoms with Crippen LogP contribution in [0.5, 0.6) is 0 Å². The van der Waals surface area contributed by atoms with Crippen molar-refractivity contribution in [2.24, 2.45) is 0 Å². The zero-order chi connectivity index (χ0) is 13.6. The predicted octanol–water partition coefficient (Wildman–Crippen LogP) is 3.40. The van der Waals surface area contributed by atoms with Crippen molar-refractivity contribution >= 4 is 5.97 Å². The number of hydrogen-bond donors (Lipinski definition) is 0. The molecule has 0 spiro atoms. The van der Waals surface area contributed by atoms with Crippen LogP contribution in [-0.2, 0) is 9.53 Å². The van der Waals surface area contributed by atoms with Crippen molar-refractivity contribution in [3.8, 4) is 0 Å². The summed E-state index contributed by atoms with van der Waals surface area (Å²) in [5, 5.41) is 0. The fraction of sp³-hybridized carbons (Fsp3) is 0.800. The second-order valence-electron chi connectivity index (χ2n) is 4.63. The quantitative estimate of drug-likeness (QED) is 0.304. The molecule has 0 fully saturated rings. The first kappa shape index (κ1) is 17.2. The highest BCUT2D eigenvalue weighted by Gasteiger charge is 2.03. The average molecular weight is 255 g/mol. The maximum absolute atomic E-state index is 10.8. The number of hydrogen-bond acceptors (Lipinski definition) is 3. The lowest BCUT2D eigenvalue weighted by Crippen LogP contribution is -2.27. The molecule has 0 radical (unpaired) electrons. The second kappa shape index (κ2) is 12.6. The molecule has 0 aliphatic rings.